The molecule has 0 aliphatic carbocycles. The Kier molecular flexibility index (Phi) is 5.02. The number of carbonyl (C=O) groups excluding carboxylic acids is 1. The van der Waals surface area contributed by atoms with Crippen molar-refractivity contribution in [3.05, 3.63) is 47.8 Å². The maximum Gasteiger partial charge on any atom is 0.255 e. The summed E-state index contributed by atoms with van der Waals surface area (Å²) in [6.45, 7) is 1.96. The van der Waals surface area contributed by atoms with E-state index < -0.39 is 0 Å². The first kappa shape index (κ1) is 15.9. The average Bonchev–Trinajstić information content (AvgIpc) is 2.92. The predicted molar refractivity (Wildman–Crippen MR) is 91.8 cm³/mol. The number of benzene rings is 1. The molecule has 1 aromatic heterocycles. The van der Waals surface area contributed by atoms with Gasteiger partial charge in [-0.15, -0.1) is 0 Å². The molecule has 6 nitrogen and oxygen atoms in total. The zero-order chi connectivity index (χ0) is 16.8. The largest absolute Gasteiger partial charge is 0.341 e. The van der Waals surface area contributed by atoms with Crippen LogP contribution in [0.15, 0.2) is 36.7 Å². The van der Waals surface area contributed by atoms with E-state index in [-0.39, 0.29) is 5.91 Å². The first-order valence-electron chi connectivity index (χ1n) is 8.15. The molecule has 0 bridgehead atoms. The second-order valence-electron chi connectivity index (χ2n) is 5.82. The smallest absolute Gasteiger partial charge is 0.255 e. The second kappa shape index (κ2) is 7.55. The Morgan fingerprint density at radius 2 is 1.83 bits per heavy atom. The lowest BCUT2D eigenvalue weighted by molar-refractivity contribution is 0.102. The molecule has 1 fully saturated rings. The maximum absolute atomic E-state index is 12.2. The molecule has 6 heteroatoms. The third-order valence-corrected chi connectivity index (χ3v) is 4.04. The SMILES string of the molecule is N#Cc1cccc(C(=O)Nc2cnc(N3CCCCCC3)nc2)c1. The summed E-state index contributed by atoms with van der Waals surface area (Å²) in [5.41, 5.74) is 1.43. The molecule has 0 unspecified atom stereocenters. The summed E-state index contributed by atoms with van der Waals surface area (Å²) < 4.78 is 0. The minimum atomic E-state index is -0.279. The van der Waals surface area contributed by atoms with Gasteiger partial charge in [-0.3, -0.25) is 4.79 Å². The highest BCUT2D eigenvalue weighted by Gasteiger charge is 2.13. The average molecular weight is 321 g/mol. The number of hydrogen-bond acceptors (Lipinski definition) is 5. The number of nitrogens with one attached hydrogen (secondary N) is 1. The summed E-state index contributed by atoms with van der Waals surface area (Å²) in [5, 5.41) is 11.7. The summed E-state index contributed by atoms with van der Waals surface area (Å²) in [7, 11) is 0. The van der Waals surface area contributed by atoms with E-state index in [0.717, 1.165) is 25.9 Å². The number of hydrogen-bond donors (Lipinski definition) is 1. The van der Waals surface area contributed by atoms with Crippen LogP contribution < -0.4 is 10.2 Å². The van der Waals surface area contributed by atoms with Crippen LogP contribution in [0, 0.1) is 11.3 Å². The number of carbonyl (C=O) groups is 1. The second-order valence-corrected chi connectivity index (χ2v) is 5.82. The Morgan fingerprint density at radius 3 is 2.50 bits per heavy atom. The van der Waals surface area contributed by atoms with Gasteiger partial charge in [-0.05, 0) is 31.0 Å². The third kappa shape index (κ3) is 3.87. The number of nitriles is 1. The van der Waals surface area contributed by atoms with Crippen molar-refractivity contribution in [2.45, 2.75) is 25.7 Å². The Morgan fingerprint density at radius 1 is 1.12 bits per heavy atom. The summed E-state index contributed by atoms with van der Waals surface area (Å²) in [6.07, 6.45) is 8.09. The Labute approximate surface area is 141 Å². The van der Waals surface area contributed by atoms with E-state index in [0.29, 0.717) is 22.8 Å². The predicted octanol–water partition coefficient (Wildman–Crippen LogP) is 2.98. The van der Waals surface area contributed by atoms with Crippen molar-refractivity contribution >= 4 is 17.5 Å². The standard InChI is InChI=1S/C18H19N5O/c19-11-14-6-5-7-15(10-14)17(24)22-16-12-20-18(21-13-16)23-8-3-1-2-4-9-23/h5-7,10,12-13H,1-4,8-9H2,(H,22,24). The molecule has 1 N–H and O–H groups in total. The van der Waals surface area contributed by atoms with Gasteiger partial charge in [0.25, 0.3) is 5.91 Å². The van der Waals surface area contributed by atoms with E-state index in [2.05, 4.69) is 20.2 Å². The molecule has 1 amide bonds. The first-order chi connectivity index (χ1) is 11.8. The fourth-order valence-electron chi connectivity index (χ4n) is 2.75. The van der Waals surface area contributed by atoms with Crippen molar-refractivity contribution in [2.75, 3.05) is 23.3 Å². The van der Waals surface area contributed by atoms with Crippen LogP contribution in [-0.4, -0.2) is 29.0 Å². The lowest BCUT2D eigenvalue weighted by Crippen LogP contribution is -2.26. The van der Waals surface area contributed by atoms with Crippen LogP contribution in [0.2, 0.25) is 0 Å². The third-order valence-electron chi connectivity index (χ3n) is 4.04. The van der Waals surface area contributed by atoms with Crippen LogP contribution in [0.5, 0.6) is 0 Å². The molecule has 122 valence electrons. The molecular weight excluding hydrogens is 302 g/mol. The maximum atomic E-state index is 12.2. The van der Waals surface area contributed by atoms with Gasteiger partial charge in [0.1, 0.15) is 0 Å². The molecule has 2 heterocycles. The summed E-state index contributed by atoms with van der Waals surface area (Å²) in [5.74, 6) is 0.430. The molecule has 0 radical (unpaired) electrons. The Bertz CT molecular complexity index is 743. The molecule has 0 spiro atoms. The molecule has 1 saturated heterocycles. The van der Waals surface area contributed by atoms with Crippen molar-refractivity contribution < 1.29 is 4.79 Å². The van der Waals surface area contributed by atoms with Gasteiger partial charge in [0.15, 0.2) is 0 Å². The van der Waals surface area contributed by atoms with Gasteiger partial charge >= 0.3 is 0 Å². The minimum Gasteiger partial charge on any atom is -0.341 e. The van der Waals surface area contributed by atoms with Crippen LogP contribution in [0.1, 0.15) is 41.6 Å². The van der Waals surface area contributed by atoms with Gasteiger partial charge < -0.3 is 10.2 Å². The van der Waals surface area contributed by atoms with Crippen LogP contribution in [0.3, 0.4) is 0 Å². The Hall–Kier alpha value is -2.94. The quantitative estimate of drug-likeness (QED) is 0.940. The summed E-state index contributed by atoms with van der Waals surface area (Å²) in [4.78, 5) is 23.2. The molecule has 24 heavy (non-hydrogen) atoms. The van der Waals surface area contributed by atoms with Gasteiger partial charge in [-0.1, -0.05) is 18.9 Å². The van der Waals surface area contributed by atoms with Crippen molar-refractivity contribution in [2.24, 2.45) is 0 Å². The van der Waals surface area contributed by atoms with Crippen molar-refractivity contribution in [1.82, 2.24) is 9.97 Å². The molecular formula is C18H19N5O. The van der Waals surface area contributed by atoms with Gasteiger partial charge in [0.05, 0.1) is 29.7 Å². The van der Waals surface area contributed by atoms with E-state index in [1.54, 1.807) is 36.7 Å². The van der Waals surface area contributed by atoms with Crippen molar-refractivity contribution in [1.29, 1.82) is 5.26 Å². The van der Waals surface area contributed by atoms with Gasteiger partial charge in [-0.25, -0.2) is 9.97 Å². The number of nitrogens with zero attached hydrogens (tertiary/aromatic N) is 4. The van der Waals surface area contributed by atoms with Gasteiger partial charge in [-0.2, -0.15) is 5.26 Å². The first-order valence-corrected chi connectivity index (χ1v) is 8.15. The van der Waals surface area contributed by atoms with Crippen LogP contribution in [0.25, 0.3) is 0 Å². The highest BCUT2D eigenvalue weighted by molar-refractivity contribution is 6.04. The molecule has 3 rings (SSSR count). The zero-order valence-corrected chi connectivity index (χ0v) is 13.4. The van der Waals surface area contributed by atoms with Crippen molar-refractivity contribution in [3.63, 3.8) is 0 Å². The summed E-state index contributed by atoms with van der Waals surface area (Å²) >= 11 is 0. The number of aromatic nitrogens is 2. The minimum absolute atomic E-state index is 0.279. The van der Waals surface area contributed by atoms with E-state index >= 15 is 0 Å². The molecule has 1 aliphatic heterocycles. The number of anilines is 2. The van der Waals surface area contributed by atoms with E-state index in [1.807, 2.05) is 6.07 Å². The lowest BCUT2D eigenvalue weighted by Gasteiger charge is -2.19. The topological polar surface area (TPSA) is 81.9 Å². The van der Waals surface area contributed by atoms with Crippen LogP contribution >= 0.6 is 0 Å². The van der Waals surface area contributed by atoms with Gasteiger partial charge in [0, 0.05) is 18.7 Å². The van der Waals surface area contributed by atoms with Crippen LogP contribution in [0.4, 0.5) is 11.6 Å². The number of rotatable bonds is 3. The fraction of sp³-hybridized carbons (Fsp3) is 0.333. The molecule has 0 saturated carbocycles. The van der Waals surface area contributed by atoms with Crippen LogP contribution in [-0.2, 0) is 0 Å². The summed E-state index contributed by atoms with van der Waals surface area (Å²) in [6, 6.07) is 8.60. The lowest BCUT2D eigenvalue weighted by atomic mass is 10.1. The molecule has 1 aliphatic rings. The van der Waals surface area contributed by atoms with E-state index in [9.17, 15) is 4.79 Å². The Balaban J connectivity index is 1.67. The normalized spacial score (nSPS) is 14.5. The number of amides is 1. The van der Waals surface area contributed by atoms with Crippen molar-refractivity contribution in [3.8, 4) is 6.07 Å². The zero-order valence-electron chi connectivity index (χ0n) is 13.4. The fourth-order valence-corrected chi connectivity index (χ4v) is 2.75. The van der Waals surface area contributed by atoms with Gasteiger partial charge in [0.2, 0.25) is 5.95 Å². The molecule has 1 aromatic carbocycles. The highest BCUT2D eigenvalue weighted by atomic mass is 16.1. The highest BCUT2D eigenvalue weighted by Crippen LogP contribution is 2.16. The monoisotopic (exact) mass is 321 g/mol. The van der Waals surface area contributed by atoms with E-state index in [1.165, 1.54) is 12.8 Å². The molecule has 2 aromatic rings. The van der Waals surface area contributed by atoms with E-state index in [4.69, 9.17) is 5.26 Å². The molecule has 0 atom stereocenters.